The summed E-state index contributed by atoms with van der Waals surface area (Å²) < 4.78 is 22.4. The van der Waals surface area contributed by atoms with Crippen molar-refractivity contribution in [1.82, 2.24) is 0 Å². The van der Waals surface area contributed by atoms with Gasteiger partial charge in [-0.15, -0.1) is 0 Å². The van der Waals surface area contributed by atoms with Crippen LogP contribution < -0.4 is 0 Å². The molecule has 96 valence electrons. The van der Waals surface area contributed by atoms with Crippen LogP contribution in [0.3, 0.4) is 0 Å². The molecule has 4 heteroatoms. The normalized spacial score (nSPS) is 21.6. The fourth-order valence-electron chi connectivity index (χ4n) is 2.06. The zero-order valence-corrected chi connectivity index (χ0v) is 10.7. The SMILES string of the molecule is CCOC(CC1CCOC1)(OCC)OCC. The summed E-state index contributed by atoms with van der Waals surface area (Å²) in [5, 5.41) is 0. The molecule has 0 aromatic carbocycles. The molecule has 0 saturated carbocycles. The number of rotatable bonds is 8. The van der Waals surface area contributed by atoms with Crippen molar-refractivity contribution >= 4 is 0 Å². The van der Waals surface area contributed by atoms with E-state index in [1.165, 1.54) is 0 Å². The zero-order valence-electron chi connectivity index (χ0n) is 10.7. The maximum atomic E-state index is 5.67. The Morgan fingerprint density at radius 2 is 1.62 bits per heavy atom. The number of hydrogen-bond acceptors (Lipinski definition) is 4. The highest BCUT2D eigenvalue weighted by atomic mass is 16.9. The van der Waals surface area contributed by atoms with Crippen LogP contribution in [-0.2, 0) is 18.9 Å². The monoisotopic (exact) mass is 232 g/mol. The molecule has 1 rings (SSSR count). The molecule has 0 radical (unpaired) electrons. The highest BCUT2D eigenvalue weighted by Crippen LogP contribution is 2.29. The van der Waals surface area contributed by atoms with Gasteiger partial charge in [0.05, 0.1) is 0 Å². The van der Waals surface area contributed by atoms with Crippen molar-refractivity contribution < 1.29 is 18.9 Å². The topological polar surface area (TPSA) is 36.9 Å². The van der Waals surface area contributed by atoms with E-state index in [4.69, 9.17) is 18.9 Å². The predicted molar refractivity (Wildman–Crippen MR) is 61.2 cm³/mol. The lowest BCUT2D eigenvalue weighted by Gasteiger charge is -2.34. The van der Waals surface area contributed by atoms with E-state index in [0.717, 1.165) is 26.1 Å². The van der Waals surface area contributed by atoms with E-state index in [1.54, 1.807) is 0 Å². The maximum Gasteiger partial charge on any atom is 0.283 e. The third-order valence-electron chi connectivity index (χ3n) is 2.66. The van der Waals surface area contributed by atoms with Gasteiger partial charge in [0, 0.05) is 39.5 Å². The van der Waals surface area contributed by atoms with E-state index >= 15 is 0 Å². The molecule has 1 saturated heterocycles. The van der Waals surface area contributed by atoms with Crippen molar-refractivity contribution in [3.63, 3.8) is 0 Å². The van der Waals surface area contributed by atoms with Crippen LogP contribution in [0.4, 0.5) is 0 Å². The first-order chi connectivity index (χ1) is 7.76. The lowest BCUT2D eigenvalue weighted by Crippen LogP contribution is -2.41. The van der Waals surface area contributed by atoms with Crippen molar-refractivity contribution in [2.24, 2.45) is 5.92 Å². The molecule has 0 spiro atoms. The van der Waals surface area contributed by atoms with Crippen molar-refractivity contribution in [3.8, 4) is 0 Å². The second kappa shape index (κ2) is 7.22. The van der Waals surface area contributed by atoms with Gasteiger partial charge in [-0.1, -0.05) is 0 Å². The summed E-state index contributed by atoms with van der Waals surface area (Å²) in [6.07, 6.45) is 1.82. The van der Waals surface area contributed by atoms with Gasteiger partial charge in [0.2, 0.25) is 0 Å². The molecule has 1 aliphatic heterocycles. The minimum absolute atomic E-state index is 0.477. The molecule has 1 heterocycles. The lowest BCUT2D eigenvalue weighted by molar-refractivity contribution is -0.383. The molecule has 1 fully saturated rings. The Bertz CT molecular complexity index is 161. The maximum absolute atomic E-state index is 5.67. The largest absolute Gasteiger partial charge is 0.381 e. The molecule has 1 atom stereocenters. The first-order valence-electron chi connectivity index (χ1n) is 6.26. The Labute approximate surface area is 98.2 Å². The van der Waals surface area contributed by atoms with Gasteiger partial charge in [-0.25, -0.2) is 0 Å². The molecule has 0 aliphatic carbocycles. The summed E-state index contributed by atoms with van der Waals surface area (Å²) in [6, 6.07) is 0. The van der Waals surface area contributed by atoms with E-state index in [9.17, 15) is 0 Å². The van der Waals surface area contributed by atoms with Gasteiger partial charge in [0.1, 0.15) is 0 Å². The van der Waals surface area contributed by atoms with E-state index < -0.39 is 5.97 Å². The summed E-state index contributed by atoms with van der Waals surface area (Å²) >= 11 is 0. The van der Waals surface area contributed by atoms with Gasteiger partial charge in [-0.05, 0) is 33.1 Å². The first-order valence-corrected chi connectivity index (χ1v) is 6.26. The Balaban J connectivity index is 2.56. The van der Waals surface area contributed by atoms with Crippen LogP contribution in [0.5, 0.6) is 0 Å². The van der Waals surface area contributed by atoms with E-state index in [2.05, 4.69) is 0 Å². The summed E-state index contributed by atoms with van der Waals surface area (Å²) in [5.74, 6) is -0.388. The standard InChI is InChI=1S/C12H24O4/c1-4-14-12(15-5-2,16-6-3)9-11-7-8-13-10-11/h11H,4-10H2,1-3H3. The van der Waals surface area contributed by atoms with Crippen molar-refractivity contribution in [3.05, 3.63) is 0 Å². The summed E-state index contributed by atoms with van der Waals surface area (Å²) in [4.78, 5) is 0. The highest BCUT2D eigenvalue weighted by Gasteiger charge is 2.36. The molecule has 0 N–H and O–H groups in total. The van der Waals surface area contributed by atoms with Crippen LogP contribution in [0.1, 0.15) is 33.6 Å². The van der Waals surface area contributed by atoms with E-state index in [1.807, 2.05) is 20.8 Å². The van der Waals surface area contributed by atoms with Crippen LogP contribution in [0.2, 0.25) is 0 Å². The van der Waals surface area contributed by atoms with Gasteiger partial charge in [0.15, 0.2) is 0 Å². The molecule has 0 aromatic heterocycles. The van der Waals surface area contributed by atoms with Crippen LogP contribution in [0, 0.1) is 5.92 Å². The number of hydrogen-bond donors (Lipinski definition) is 0. The fourth-order valence-corrected chi connectivity index (χ4v) is 2.06. The average Bonchev–Trinajstić information content (AvgIpc) is 2.71. The van der Waals surface area contributed by atoms with Crippen molar-refractivity contribution in [1.29, 1.82) is 0 Å². The molecule has 0 bridgehead atoms. The molecule has 0 amide bonds. The van der Waals surface area contributed by atoms with Crippen molar-refractivity contribution in [2.45, 2.75) is 39.6 Å². The minimum Gasteiger partial charge on any atom is -0.381 e. The van der Waals surface area contributed by atoms with Crippen molar-refractivity contribution in [2.75, 3.05) is 33.0 Å². The summed E-state index contributed by atoms with van der Waals surface area (Å²) in [6.45, 7) is 9.27. The minimum atomic E-state index is -0.864. The second-order valence-electron chi connectivity index (χ2n) is 3.92. The van der Waals surface area contributed by atoms with Crippen LogP contribution in [0.15, 0.2) is 0 Å². The number of ether oxygens (including phenoxy) is 4. The quantitative estimate of drug-likeness (QED) is 0.601. The average molecular weight is 232 g/mol. The van der Waals surface area contributed by atoms with E-state index in [-0.39, 0.29) is 0 Å². The highest BCUT2D eigenvalue weighted by molar-refractivity contribution is 4.71. The smallest absolute Gasteiger partial charge is 0.283 e. The van der Waals surface area contributed by atoms with Gasteiger partial charge in [0.25, 0.3) is 5.97 Å². The summed E-state index contributed by atoms with van der Waals surface area (Å²) in [7, 11) is 0. The van der Waals surface area contributed by atoms with Gasteiger partial charge < -0.3 is 18.9 Å². The van der Waals surface area contributed by atoms with Gasteiger partial charge >= 0.3 is 0 Å². The molecule has 1 unspecified atom stereocenters. The van der Waals surface area contributed by atoms with Gasteiger partial charge in [-0.2, -0.15) is 0 Å². The first kappa shape index (κ1) is 13.9. The van der Waals surface area contributed by atoms with Crippen LogP contribution in [-0.4, -0.2) is 39.0 Å². The Morgan fingerprint density at radius 3 is 2.00 bits per heavy atom. The van der Waals surface area contributed by atoms with E-state index in [0.29, 0.717) is 25.7 Å². The van der Waals surface area contributed by atoms with Gasteiger partial charge in [-0.3, -0.25) is 0 Å². The molecule has 16 heavy (non-hydrogen) atoms. The molecule has 0 aromatic rings. The fraction of sp³-hybridized carbons (Fsp3) is 1.00. The Hall–Kier alpha value is -0.160. The third-order valence-corrected chi connectivity index (χ3v) is 2.66. The molecule has 4 nitrogen and oxygen atoms in total. The summed E-state index contributed by atoms with van der Waals surface area (Å²) in [5.41, 5.74) is 0. The predicted octanol–water partition coefficient (Wildman–Crippen LogP) is 2.18. The Kier molecular flexibility index (Phi) is 6.28. The third kappa shape index (κ3) is 4.01. The van der Waals surface area contributed by atoms with Crippen LogP contribution in [0.25, 0.3) is 0 Å². The zero-order chi connectivity index (χ0) is 11.9. The Morgan fingerprint density at radius 1 is 1.06 bits per heavy atom. The molecular formula is C12H24O4. The molecular weight excluding hydrogens is 208 g/mol. The molecule has 1 aliphatic rings. The van der Waals surface area contributed by atoms with Crippen LogP contribution >= 0.6 is 0 Å². The lowest BCUT2D eigenvalue weighted by atomic mass is 10.0. The second-order valence-corrected chi connectivity index (χ2v) is 3.92.